The number of rotatable bonds is 17. The summed E-state index contributed by atoms with van der Waals surface area (Å²) < 4.78 is 30.5. The molecule has 6 atom stereocenters. The summed E-state index contributed by atoms with van der Waals surface area (Å²) in [4.78, 5) is 64.5. The fourth-order valence-corrected chi connectivity index (χ4v) is 7.78. The van der Waals surface area contributed by atoms with Crippen molar-refractivity contribution < 1.29 is 52.8 Å². The number of fused-ring (bicyclic) bond motifs is 2. The van der Waals surface area contributed by atoms with Gasteiger partial charge < -0.3 is 44.3 Å². The first-order valence-electron chi connectivity index (χ1n) is 19.3. The molecule has 0 saturated carbocycles. The highest BCUT2D eigenvalue weighted by molar-refractivity contribution is 5.80. The van der Waals surface area contributed by atoms with Gasteiger partial charge in [0, 0.05) is 58.2 Å². The summed E-state index contributed by atoms with van der Waals surface area (Å²) in [6, 6.07) is 8.23. The van der Waals surface area contributed by atoms with Crippen LogP contribution in [0.2, 0.25) is 0 Å². The number of likely N-dealkylation sites (N-methyl/N-ethyl adjacent to an activating group) is 1. The molecule has 1 aromatic rings. The zero-order valence-corrected chi connectivity index (χ0v) is 34.6. The van der Waals surface area contributed by atoms with E-state index in [-0.39, 0.29) is 24.8 Å². The number of aliphatic hydroxyl groups is 1. The molecule has 0 spiro atoms. The molecule has 0 aromatic heterocycles. The van der Waals surface area contributed by atoms with Gasteiger partial charge in [0.25, 0.3) is 0 Å². The second-order valence-electron chi connectivity index (χ2n) is 16.8. The Kier molecular flexibility index (Phi) is 14.3. The van der Waals surface area contributed by atoms with E-state index in [0.717, 1.165) is 28.8 Å². The molecule has 1 unspecified atom stereocenters. The first-order valence-corrected chi connectivity index (χ1v) is 19.3. The molecular weight excluding hydrogens is 722 g/mol. The van der Waals surface area contributed by atoms with Crippen molar-refractivity contribution in [3.8, 4) is 0 Å². The van der Waals surface area contributed by atoms with Gasteiger partial charge in [0.05, 0.1) is 12.2 Å². The molecule has 2 amide bonds. The van der Waals surface area contributed by atoms with Crippen LogP contribution < -0.4 is 10.6 Å². The monoisotopic (exact) mass is 783 g/mol. The van der Waals surface area contributed by atoms with Crippen LogP contribution in [0.5, 0.6) is 0 Å². The zero-order chi connectivity index (χ0) is 41.6. The second-order valence-corrected chi connectivity index (χ2v) is 16.8. The molecule has 310 valence electrons. The summed E-state index contributed by atoms with van der Waals surface area (Å²) in [5.41, 5.74) is 0.276. The summed E-state index contributed by atoms with van der Waals surface area (Å²) in [5.74, 6) is -4.55. The molecule has 1 aliphatic carbocycles. The number of hydrogen-bond donors (Lipinski definition) is 3. The minimum atomic E-state index is -1.70. The first kappa shape index (κ1) is 44.6. The van der Waals surface area contributed by atoms with E-state index in [0.29, 0.717) is 38.6 Å². The molecule has 3 aliphatic rings. The van der Waals surface area contributed by atoms with Gasteiger partial charge >= 0.3 is 17.9 Å². The van der Waals surface area contributed by atoms with Crippen molar-refractivity contribution in [3.63, 3.8) is 0 Å². The SMILES string of the molecule is CC(=O)O[C@@H]1[C@@H](OC(C)=O)[C@@]2(C3C=CC(C)=C(Cc4ccc(CCCC(=O)NC(C)(C)CC(=O)NCCN(C)C)cc4)C3)OC[C@](C(C)(C)O)(O2)[C@H]1OC(C)=O. The Hall–Kier alpha value is -4.11. The van der Waals surface area contributed by atoms with E-state index in [9.17, 15) is 29.1 Å². The number of ether oxygens (including phenoxy) is 5. The molecular formula is C42H61N3O11. The lowest BCUT2D eigenvalue weighted by molar-refractivity contribution is -0.354. The van der Waals surface area contributed by atoms with E-state index >= 15 is 0 Å². The Morgan fingerprint density at radius 1 is 0.911 bits per heavy atom. The Balaban J connectivity index is 1.44. The van der Waals surface area contributed by atoms with Crippen LogP contribution in [-0.2, 0) is 60.5 Å². The van der Waals surface area contributed by atoms with Crippen LogP contribution in [0.15, 0.2) is 47.6 Å². The maximum atomic E-state index is 12.7. The number of nitrogens with zero attached hydrogens (tertiary/aromatic N) is 1. The van der Waals surface area contributed by atoms with Gasteiger partial charge in [-0.3, -0.25) is 24.0 Å². The average Bonchev–Trinajstić information content (AvgIpc) is 3.45. The molecule has 3 N–H and O–H groups in total. The van der Waals surface area contributed by atoms with Crippen LogP contribution in [0.4, 0.5) is 0 Å². The number of allylic oxidation sites excluding steroid dienone is 3. The van der Waals surface area contributed by atoms with Crippen LogP contribution >= 0.6 is 0 Å². The Labute approximate surface area is 330 Å². The van der Waals surface area contributed by atoms with Crippen LogP contribution in [0, 0.1) is 5.92 Å². The number of benzene rings is 1. The number of aryl methyl sites for hydroxylation is 1. The summed E-state index contributed by atoms with van der Waals surface area (Å²) in [5, 5.41) is 17.4. The molecule has 0 radical (unpaired) electrons. The van der Waals surface area contributed by atoms with Crippen LogP contribution in [0.1, 0.15) is 92.2 Å². The van der Waals surface area contributed by atoms with Gasteiger partial charge in [-0.25, -0.2) is 0 Å². The van der Waals surface area contributed by atoms with Gasteiger partial charge in [0.1, 0.15) is 0 Å². The standard InChI is InChI=1S/C42H61N3O11/c1-26-14-19-33(42-38(55-29(4)48)36(53-27(2)46)37(54-28(3)47)41(56-42,25-52-42)40(7,8)51)23-32(26)22-31-17-15-30(16-18-31)12-11-13-34(49)44-39(5,6)24-35(50)43-20-21-45(9)10/h14-19,33,36-38,51H,11-13,20-25H2,1-10H3,(H,43,50)(H,44,49)/t33?,36-,37-,38+,41-,42-/m0/s1. The predicted molar refractivity (Wildman–Crippen MR) is 207 cm³/mol. The highest BCUT2D eigenvalue weighted by Crippen LogP contribution is 2.56. The zero-order valence-electron chi connectivity index (χ0n) is 34.6. The van der Waals surface area contributed by atoms with Crippen molar-refractivity contribution in [1.82, 2.24) is 15.5 Å². The Bertz CT molecular complexity index is 1680. The van der Waals surface area contributed by atoms with Crippen LogP contribution in [-0.4, -0.2) is 114 Å². The molecule has 14 heteroatoms. The van der Waals surface area contributed by atoms with Crippen molar-refractivity contribution in [1.29, 1.82) is 0 Å². The minimum absolute atomic E-state index is 0.0977. The van der Waals surface area contributed by atoms with Gasteiger partial charge in [-0.15, -0.1) is 0 Å². The fraction of sp³-hybridized carbons (Fsp3) is 0.643. The molecule has 2 aliphatic heterocycles. The smallest absolute Gasteiger partial charge is 0.303 e. The highest BCUT2D eigenvalue weighted by Gasteiger charge is 2.76. The van der Waals surface area contributed by atoms with Crippen molar-refractivity contribution >= 4 is 29.7 Å². The molecule has 2 fully saturated rings. The summed E-state index contributed by atoms with van der Waals surface area (Å²) in [6.07, 6.45) is 2.74. The lowest BCUT2D eigenvalue weighted by Gasteiger charge is -2.54. The maximum absolute atomic E-state index is 12.7. The number of amides is 2. The number of hydrogen-bond acceptors (Lipinski definition) is 12. The Morgan fingerprint density at radius 2 is 1.52 bits per heavy atom. The summed E-state index contributed by atoms with van der Waals surface area (Å²) in [7, 11) is 3.88. The van der Waals surface area contributed by atoms with E-state index in [1.165, 1.54) is 34.6 Å². The number of carbonyl (C=O) groups excluding carboxylic acids is 5. The van der Waals surface area contributed by atoms with Gasteiger partial charge in [-0.1, -0.05) is 47.6 Å². The Morgan fingerprint density at radius 3 is 2.11 bits per heavy atom. The van der Waals surface area contributed by atoms with E-state index in [2.05, 4.69) is 34.9 Å². The van der Waals surface area contributed by atoms with E-state index in [1.807, 2.05) is 51.9 Å². The van der Waals surface area contributed by atoms with Crippen molar-refractivity contribution in [2.75, 3.05) is 33.8 Å². The lowest BCUT2D eigenvalue weighted by atomic mass is 9.72. The van der Waals surface area contributed by atoms with Gasteiger partial charge in [0.2, 0.25) is 17.6 Å². The summed E-state index contributed by atoms with van der Waals surface area (Å²) >= 11 is 0. The number of esters is 3. The lowest BCUT2D eigenvalue weighted by Crippen LogP contribution is -2.74. The van der Waals surface area contributed by atoms with Crippen LogP contribution in [0.25, 0.3) is 0 Å². The van der Waals surface area contributed by atoms with Crippen molar-refractivity contribution in [3.05, 3.63) is 58.7 Å². The molecule has 2 heterocycles. The number of nitrogens with one attached hydrogen (secondary N) is 2. The molecule has 4 rings (SSSR count). The molecule has 2 saturated heterocycles. The highest BCUT2D eigenvalue weighted by atomic mass is 16.8. The van der Waals surface area contributed by atoms with Crippen molar-refractivity contribution in [2.45, 2.75) is 135 Å². The van der Waals surface area contributed by atoms with Gasteiger partial charge in [-0.2, -0.15) is 0 Å². The average molecular weight is 784 g/mol. The topological polar surface area (TPSA) is 179 Å². The molecule has 14 nitrogen and oxygen atoms in total. The number of carbonyl (C=O) groups is 5. The third kappa shape index (κ3) is 10.8. The largest absolute Gasteiger partial charge is 0.455 e. The van der Waals surface area contributed by atoms with Crippen LogP contribution in [0.3, 0.4) is 0 Å². The van der Waals surface area contributed by atoms with Crippen molar-refractivity contribution in [2.24, 2.45) is 5.92 Å². The molecule has 2 bridgehead atoms. The quantitative estimate of drug-likeness (QED) is 0.155. The third-order valence-corrected chi connectivity index (χ3v) is 10.6. The fourth-order valence-electron chi connectivity index (χ4n) is 7.78. The molecule has 56 heavy (non-hydrogen) atoms. The van der Waals surface area contributed by atoms with E-state index in [4.69, 9.17) is 23.7 Å². The van der Waals surface area contributed by atoms with E-state index in [1.54, 1.807) is 0 Å². The second kappa shape index (κ2) is 18.0. The van der Waals surface area contributed by atoms with E-state index < -0.39 is 64.7 Å². The normalized spacial score (nSPS) is 26.1. The first-order chi connectivity index (χ1) is 26.1. The molecule has 1 aromatic carbocycles. The summed E-state index contributed by atoms with van der Waals surface area (Å²) in [6.45, 7) is 13.4. The maximum Gasteiger partial charge on any atom is 0.303 e. The predicted octanol–water partition coefficient (Wildman–Crippen LogP) is 3.47. The van der Waals surface area contributed by atoms with Gasteiger partial charge in [0.15, 0.2) is 23.9 Å². The van der Waals surface area contributed by atoms with Gasteiger partial charge in [-0.05, 0) is 85.5 Å². The minimum Gasteiger partial charge on any atom is -0.455 e. The third-order valence-electron chi connectivity index (χ3n) is 10.6.